The molecule has 0 amide bonds. The average molecular weight is 227 g/mol. The van der Waals surface area contributed by atoms with Gasteiger partial charge < -0.3 is 10.0 Å². The van der Waals surface area contributed by atoms with E-state index in [-0.39, 0.29) is 0 Å². The van der Waals surface area contributed by atoms with Crippen molar-refractivity contribution in [2.45, 2.75) is 13.0 Å². The van der Waals surface area contributed by atoms with Gasteiger partial charge in [0.1, 0.15) is 0 Å². The van der Waals surface area contributed by atoms with E-state index < -0.39 is 6.10 Å². The van der Waals surface area contributed by atoms with Crippen LogP contribution >= 0.6 is 0 Å². The van der Waals surface area contributed by atoms with Crippen molar-refractivity contribution >= 4 is 11.4 Å². The molecule has 0 aromatic heterocycles. The van der Waals surface area contributed by atoms with Crippen LogP contribution in [0.3, 0.4) is 0 Å². The van der Waals surface area contributed by atoms with Gasteiger partial charge in [-0.2, -0.15) is 0 Å². The van der Waals surface area contributed by atoms with E-state index in [1.807, 2.05) is 49.5 Å². The first-order chi connectivity index (χ1) is 8.18. The van der Waals surface area contributed by atoms with Crippen LogP contribution < -0.4 is 4.90 Å². The Morgan fingerprint density at radius 2 is 1.41 bits per heavy atom. The highest BCUT2D eigenvalue weighted by atomic mass is 16.3. The number of hydrogen-bond donors (Lipinski definition) is 1. The van der Waals surface area contributed by atoms with Crippen molar-refractivity contribution in [3.8, 4) is 0 Å². The van der Waals surface area contributed by atoms with Crippen LogP contribution in [-0.2, 0) is 0 Å². The number of benzene rings is 2. The maximum absolute atomic E-state index is 9.46. The van der Waals surface area contributed by atoms with E-state index in [1.54, 1.807) is 6.92 Å². The maximum atomic E-state index is 9.46. The monoisotopic (exact) mass is 227 g/mol. The molecule has 0 bridgehead atoms. The summed E-state index contributed by atoms with van der Waals surface area (Å²) in [4.78, 5) is 2.12. The van der Waals surface area contributed by atoms with Crippen LogP contribution in [0.4, 0.5) is 11.4 Å². The van der Waals surface area contributed by atoms with Crippen molar-refractivity contribution in [3.63, 3.8) is 0 Å². The quantitative estimate of drug-likeness (QED) is 0.867. The van der Waals surface area contributed by atoms with Crippen LogP contribution in [0, 0.1) is 0 Å². The van der Waals surface area contributed by atoms with E-state index in [0.717, 1.165) is 16.9 Å². The van der Waals surface area contributed by atoms with E-state index in [0.29, 0.717) is 0 Å². The molecule has 88 valence electrons. The third-order valence-corrected chi connectivity index (χ3v) is 2.91. The molecule has 1 atom stereocenters. The average Bonchev–Trinajstić information content (AvgIpc) is 2.39. The van der Waals surface area contributed by atoms with Crippen LogP contribution in [0.1, 0.15) is 18.6 Å². The molecule has 0 aliphatic rings. The second kappa shape index (κ2) is 5.02. The molecule has 2 aromatic rings. The fraction of sp³-hybridized carbons (Fsp3) is 0.200. The number of rotatable bonds is 3. The highest BCUT2D eigenvalue weighted by Crippen LogP contribution is 2.24. The van der Waals surface area contributed by atoms with E-state index >= 15 is 0 Å². The fourth-order valence-corrected chi connectivity index (χ4v) is 1.78. The van der Waals surface area contributed by atoms with Crippen LogP contribution in [0.15, 0.2) is 54.6 Å². The maximum Gasteiger partial charge on any atom is 0.0761 e. The first-order valence-electron chi connectivity index (χ1n) is 5.75. The molecule has 1 N–H and O–H groups in total. The van der Waals surface area contributed by atoms with Crippen molar-refractivity contribution < 1.29 is 5.11 Å². The summed E-state index contributed by atoms with van der Waals surface area (Å²) in [5.74, 6) is 0. The number of aliphatic hydroxyl groups excluding tert-OH is 1. The van der Waals surface area contributed by atoms with Gasteiger partial charge in [-0.05, 0) is 36.8 Å². The zero-order valence-corrected chi connectivity index (χ0v) is 10.2. The third kappa shape index (κ3) is 2.66. The molecule has 2 rings (SSSR count). The molecule has 0 spiro atoms. The molecule has 0 saturated carbocycles. The summed E-state index contributed by atoms with van der Waals surface area (Å²) in [5, 5.41) is 9.46. The van der Waals surface area contributed by atoms with Gasteiger partial charge in [-0.3, -0.25) is 0 Å². The Morgan fingerprint density at radius 3 is 1.94 bits per heavy atom. The minimum Gasteiger partial charge on any atom is -0.389 e. The molecular weight excluding hydrogens is 210 g/mol. The standard InChI is InChI=1S/C15H17NO/c1-12(17)13-8-10-15(11-9-13)16(2)14-6-4-3-5-7-14/h3-12,17H,1-2H3/t12-/m1/s1. The lowest BCUT2D eigenvalue weighted by molar-refractivity contribution is 0.199. The Balaban J connectivity index is 2.23. The first-order valence-corrected chi connectivity index (χ1v) is 5.75. The largest absolute Gasteiger partial charge is 0.389 e. The molecule has 0 unspecified atom stereocenters. The fourth-order valence-electron chi connectivity index (χ4n) is 1.78. The molecule has 0 fully saturated rings. The smallest absolute Gasteiger partial charge is 0.0761 e. The normalized spacial score (nSPS) is 12.2. The van der Waals surface area contributed by atoms with Gasteiger partial charge in [0.25, 0.3) is 0 Å². The van der Waals surface area contributed by atoms with Gasteiger partial charge in [0.15, 0.2) is 0 Å². The summed E-state index contributed by atoms with van der Waals surface area (Å²) in [6, 6.07) is 18.2. The molecule has 2 heteroatoms. The van der Waals surface area contributed by atoms with Crippen molar-refractivity contribution in [1.82, 2.24) is 0 Å². The van der Waals surface area contributed by atoms with E-state index in [2.05, 4.69) is 17.0 Å². The van der Waals surface area contributed by atoms with Crippen molar-refractivity contribution in [2.75, 3.05) is 11.9 Å². The van der Waals surface area contributed by atoms with Crippen LogP contribution in [0.25, 0.3) is 0 Å². The Hall–Kier alpha value is -1.80. The zero-order chi connectivity index (χ0) is 12.3. The van der Waals surface area contributed by atoms with E-state index in [9.17, 15) is 5.11 Å². The van der Waals surface area contributed by atoms with Crippen molar-refractivity contribution in [1.29, 1.82) is 0 Å². The third-order valence-electron chi connectivity index (χ3n) is 2.91. The second-order valence-electron chi connectivity index (χ2n) is 4.16. The van der Waals surface area contributed by atoms with Gasteiger partial charge in [0, 0.05) is 18.4 Å². The number of hydrogen-bond acceptors (Lipinski definition) is 2. The summed E-state index contributed by atoms with van der Waals surface area (Å²) >= 11 is 0. The van der Waals surface area contributed by atoms with Gasteiger partial charge in [-0.15, -0.1) is 0 Å². The van der Waals surface area contributed by atoms with Gasteiger partial charge in [-0.1, -0.05) is 30.3 Å². The number of nitrogens with zero attached hydrogens (tertiary/aromatic N) is 1. The topological polar surface area (TPSA) is 23.5 Å². The summed E-state index contributed by atoms with van der Waals surface area (Å²) in [6.07, 6.45) is -0.411. The molecule has 0 aliphatic carbocycles. The minimum absolute atomic E-state index is 0.411. The Bertz CT molecular complexity index is 462. The predicted octanol–water partition coefficient (Wildman–Crippen LogP) is 3.51. The van der Waals surface area contributed by atoms with Crippen LogP contribution in [0.5, 0.6) is 0 Å². The minimum atomic E-state index is -0.411. The van der Waals surface area contributed by atoms with Crippen molar-refractivity contribution in [2.24, 2.45) is 0 Å². The summed E-state index contributed by atoms with van der Waals surface area (Å²) in [6.45, 7) is 1.77. The SMILES string of the molecule is C[C@@H](O)c1ccc(N(C)c2ccccc2)cc1. The van der Waals surface area contributed by atoms with Gasteiger partial charge in [0.05, 0.1) is 6.10 Å². The summed E-state index contributed by atoms with van der Waals surface area (Å²) in [5.41, 5.74) is 3.20. The van der Waals surface area contributed by atoms with E-state index in [1.165, 1.54) is 0 Å². The van der Waals surface area contributed by atoms with Gasteiger partial charge in [0.2, 0.25) is 0 Å². The summed E-state index contributed by atoms with van der Waals surface area (Å²) < 4.78 is 0. The molecule has 17 heavy (non-hydrogen) atoms. The van der Waals surface area contributed by atoms with Crippen molar-refractivity contribution in [3.05, 3.63) is 60.2 Å². The lowest BCUT2D eigenvalue weighted by atomic mass is 10.1. The Morgan fingerprint density at radius 1 is 0.882 bits per heavy atom. The predicted molar refractivity (Wildman–Crippen MR) is 71.6 cm³/mol. The van der Waals surface area contributed by atoms with Crippen LogP contribution in [-0.4, -0.2) is 12.2 Å². The molecule has 0 aliphatic heterocycles. The van der Waals surface area contributed by atoms with Gasteiger partial charge in [-0.25, -0.2) is 0 Å². The second-order valence-corrected chi connectivity index (χ2v) is 4.16. The molecule has 2 aromatic carbocycles. The zero-order valence-electron chi connectivity index (χ0n) is 10.2. The molecule has 0 saturated heterocycles. The van der Waals surface area contributed by atoms with E-state index in [4.69, 9.17) is 0 Å². The lowest BCUT2D eigenvalue weighted by Crippen LogP contribution is -2.09. The van der Waals surface area contributed by atoms with Crippen LogP contribution in [0.2, 0.25) is 0 Å². The Kier molecular flexibility index (Phi) is 3.45. The molecule has 2 nitrogen and oxygen atoms in total. The number of anilines is 2. The highest BCUT2D eigenvalue weighted by molar-refractivity contribution is 5.62. The summed E-state index contributed by atoms with van der Waals surface area (Å²) in [7, 11) is 2.03. The lowest BCUT2D eigenvalue weighted by Gasteiger charge is -2.20. The van der Waals surface area contributed by atoms with Gasteiger partial charge >= 0.3 is 0 Å². The first kappa shape index (κ1) is 11.7. The molecule has 0 heterocycles. The highest BCUT2D eigenvalue weighted by Gasteiger charge is 2.04. The number of para-hydroxylation sites is 1. The Labute approximate surface area is 102 Å². The number of aliphatic hydroxyl groups is 1. The molecular formula is C15H17NO. The molecule has 0 radical (unpaired) electrons.